The van der Waals surface area contributed by atoms with Crippen molar-refractivity contribution in [3.05, 3.63) is 33.8 Å². The van der Waals surface area contributed by atoms with E-state index in [4.69, 9.17) is 15.4 Å². The van der Waals surface area contributed by atoms with Gasteiger partial charge < -0.3 is 4.74 Å². The fourth-order valence-corrected chi connectivity index (χ4v) is 3.68. The van der Waals surface area contributed by atoms with Crippen LogP contribution in [-0.4, -0.2) is 21.6 Å². The summed E-state index contributed by atoms with van der Waals surface area (Å²) in [7, 11) is 1.72. The van der Waals surface area contributed by atoms with Gasteiger partial charge in [0.15, 0.2) is 0 Å². The number of benzene rings is 1. The van der Waals surface area contributed by atoms with Crippen molar-refractivity contribution in [1.82, 2.24) is 0 Å². The lowest BCUT2D eigenvalue weighted by atomic mass is 9.98. The SMILES string of the molecule is O=S(=O)(Cl)Cc1ccc(C2CCOC2)c(Br)c1. The highest BCUT2D eigenvalue weighted by Crippen LogP contribution is 2.32. The molecule has 0 aromatic heterocycles. The van der Waals surface area contributed by atoms with Gasteiger partial charge in [0.25, 0.3) is 0 Å². The standard InChI is InChI=1S/C11H12BrClO3S/c12-11-5-8(7-17(13,14)15)1-2-10(11)9-3-4-16-6-9/h1-2,5,9H,3-4,6-7H2. The van der Waals surface area contributed by atoms with Gasteiger partial charge in [-0.1, -0.05) is 28.1 Å². The van der Waals surface area contributed by atoms with Crippen molar-refractivity contribution in [3.63, 3.8) is 0 Å². The lowest BCUT2D eigenvalue weighted by Crippen LogP contribution is -2.01. The van der Waals surface area contributed by atoms with Crippen molar-refractivity contribution in [2.45, 2.75) is 18.1 Å². The molecule has 1 aromatic carbocycles. The second kappa shape index (κ2) is 5.26. The van der Waals surface area contributed by atoms with Crippen molar-refractivity contribution in [1.29, 1.82) is 0 Å². The molecule has 0 aliphatic carbocycles. The molecule has 0 spiro atoms. The molecular formula is C11H12BrClO3S. The van der Waals surface area contributed by atoms with Gasteiger partial charge in [0, 0.05) is 27.7 Å². The Balaban J connectivity index is 2.22. The fraction of sp³-hybridized carbons (Fsp3) is 0.455. The molecule has 1 aromatic rings. The molecule has 17 heavy (non-hydrogen) atoms. The van der Waals surface area contributed by atoms with Gasteiger partial charge in [-0.25, -0.2) is 8.42 Å². The Labute approximate surface area is 114 Å². The average Bonchev–Trinajstić information content (AvgIpc) is 2.68. The van der Waals surface area contributed by atoms with Crippen LogP contribution in [0.25, 0.3) is 0 Å². The maximum atomic E-state index is 11.0. The number of ether oxygens (including phenoxy) is 1. The second-order valence-electron chi connectivity index (χ2n) is 4.10. The highest BCUT2D eigenvalue weighted by Gasteiger charge is 2.20. The maximum absolute atomic E-state index is 11.0. The van der Waals surface area contributed by atoms with Gasteiger partial charge in [-0.15, -0.1) is 0 Å². The zero-order valence-corrected chi connectivity index (χ0v) is 12.2. The molecule has 0 radical (unpaired) electrons. The van der Waals surface area contributed by atoms with E-state index in [1.165, 1.54) is 5.56 Å². The van der Waals surface area contributed by atoms with Gasteiger partial charge in [0.05, 0.1) is 12.4 Å². The largest absolute Gasteiger partial charge is 0.381 e. The van der Waals surface area contributed by atoms with Crippen LogP contribution in [0.2, 0.25) is 0 Å². The van der Waals surface area contributed by atoms with Gasteiger partial charge in [0.2, 0.25) is 9.05 Å². The molecule has 0 saturated carbocycles. The topological polar surface area (TPSA) is 43.4 Å². The van der Waals surface area contributed by atoms with Crippen molar-refractivity contribution in [2.75, 3.05) is 13.2 Å². The highest BCUT2D eigenvalue weighted by atomic mass is 79.9. The van der Waals surface area contributed by atoms with E-state index in [9.17, 15) is 8.42 Å². The Kier molecular flexibility index (Phi) is 4.13. The Hall–Kier alpha value is -0.100. The summed E-state index contributed by atoms with van der Waals surface area (Å²) in [5, 5.41) is 0. The van der Waals surface area contributed by atoms with Gasteiger partial charge in [0.1, 0.15) is 0 Å². The predicted octanol–water partition coefficient (Wildman–Crippen LogP) is 3.02. The lowest BCUT2D eigenvalue weighted by Gasteiger charge is -2.11. The molecule has 6 heteroatoms. The van der Waals surface area contributed by atoms with E-state index in [1.54, 1.807) is 6.07 Å². The maximum Gasteiger partial charge on any atom is 0.236 e. The molecule has 1 saturated heterocycles. The second-order valence-corrected chi connectivity index (χ2v) is 7.73. The first kappa shape index (κ1) is 13.3. The molecule has 3 nitrogen and oxygen atoms in total. The van der Waals surface area contributed by atoms with Crippen LogP contribution in [0.5, 0.6) is 0 Å². The third kappa shape index (κ3) is 3.68. The van der Waals surface area contributed by atoms with Gasteiger partial charge in [-0.2, -0.15) is 0 Å². The van der Waals surface area contributed by atoms with Gasteiger partial charge in [-0.3, -0.25) is 0 Å². The molecule has 0 amide bonds. The van der Waals surface area contributed by atoms with Crippen LogP contribution in [0.3, 0.4) is 0 Å². The minimum absolute atomic E-state index is 0.144. The third-order valence-electron chi connectivity index (χ3n) is 2.77. The van der Waals surface area contributed by atoms with Gasteiger partial charge in [-0.05, 0) is 23.6 Å². The van der Waals surface area contributed by atoms with Crippen LogP contribution in [-0.2, 0) is 19.5 Å². The molecule has 2 rings (SSSR count). The number of halogens is 2. The molecule has 1 heterocycles. The van der Waals surface area contributed by atoms with Gasteiger partial charge >= 0.3 is 0 Å². The molecule has 1 fully saturated rings. The summed E-state index contributed by atoms with van der Waals surface area (Å²) in [5.41, 5.74) is 1.85. The minimum Gasteiger partial charge on any atom is -0.381 e. The van der Waals surface area contributed by atoms with Crippen molar-refractivity contribution in [2.24, 2.45) is 0 Å². The summed E-state index contributed by atoms with van der Waals surface area (Å²) < 4.78 is 28.2. The quantitative estimate of drug-likeness (QED) is 0.795. The lowest BCUT2D eigenvalue weighted by molar-refractivity contribution is 0.194. The van der Waals surface area contributed by atoms with E-state index >= 15 is 0 Å². The Morgan fingerprint density at radius 2 is 2.24 bits per heavy atom. The monoisotopic (exact) mass is 338 g/mol. The minimum atomic E-state index is -3.50. The van der Waals surface area contributed by atoms with E-state index < -0.39 is 9.05 Å². The Morgan fingerprint density at radius 3 is 2.76 bits per heavy atom. The van der Waals surface area contributed by atoms with Crippen LogP contribution in [0, 0.1) is 0 Å². The summed E-state index contributed by atoms with van der Waals surface area (Å²) >= 11 is 3.47. The van der Waals surface area contributed by atoms with E-state index in [0.717, 1.165) is 24.1 Å². The molecule has 1 aliphatic rings. The molecule has 1 aliphatic heterocycles. The normalized spacial score (nSPS) is 20.7. The number of rotatable bonds is 3. The van der Waals surface area contributed by atoms with E-state index in [1.807, 2.05) is 12.1 Å². The van der Waals surface area contributed by atoms with Crippen LogP contribution in [0.1, 0.15) is 23.5 Å². The summed E-state index contributed by atoms with van der Waals surface area (Å²) in [6.07, 6.45) is 1.01. The summed E-state index contributed by atoms with van der Waals surface area (Å²) in [4.78, 5) is 0. The van der Waals surface area contributed by atoms with E-state index in [-0.39, 0.29) is 5.75 Å². The summed E-state index contributed by atoms with van der Waals surface area (Å²) in [6.45, 7) is 1.51. The van der Waals surface area contributed by atoms with Crippen molar-refractivity contribution >= 4 is 35.7 Å². The van der Waals surface area contributed by atoms with Crippen molar-refractivity contribution < 1.29 is 13.2 Å². The molecular weight excluding hydrogens is 328 g/mol. The number of hydrogen-bond acceptors (Lipinski definition) is 3. The van der Waals surface area contributed by atoms with E-state index in [2.05, 4.69) is 15.9 Å². The molecule has 0 bridgehead atoms. The molecule has 0 N–H and O–H groups in total. The summed E-state index contributed by atoms with van der Waals surface area (Å²) in [6, 6.07) is 5.56. The van der Waals surface area contributed by atoms with Crippen LogP contribution in [0.4, 0.5) is 0 Å². The molecule has 1 unspecified atom stereocenters. The van der Waals surface area contributed by atoms with Crippen LogP contribution >= 0.6 is 26.6 Å². The van der Waals surface area contributed by atoms with Crippen LogP contribution < -0.4 is 0 Å². The van der Waals surface area contributed by atoms with Crippen LogP contribution in [0.15, 0.2) is 22.7 Å². The first-order valence-corrected chi connectivity index (χ1v) is 8.51. The zero-order chi connectivity index (χ0) is 12.5. The molecule has 1 atom stereocenters. The van der Waals surface area contributed by atoms with Crippen molar-refractivity contribution in [3.8, 4) is 0 Å². The fourth-order valence-electron chi connectivity index (χ4n) is 1.97. The Morgan fingerprint density at radius 1 is 1.47 bits per heavy atom. The zero-order valence-electron chi connectivity index (χ0n) is 9.03. The Bertz CT molecular complexity index is 509. The first-order valence-electron chi connectivity index (χ1n) is 5.24. The average molecular weight is 340 g/mol. The smallest absolute Gasteiger partial charge is 0.236 e. The van der Waals surface area contributed by atoms with E-state index in [0.29, 0.717) is 11.5 Å². The predicted molar refractivity (Wildman–Crippen MR) is 70.8 cm³/mol. The number of hydrogen-bond donors (Lipinski definition) is 0. The highest BCUT2D eigenvalue weighted by molar-refractivity contribution is 9.10. The molecule has 94 valence electrons. The summed E-state index contributed by atoms with van der Waals surface area (Å²) in [5.74, 6) is 0.250. The third-order valence-corrected chi connectivity index (χ3v) is 4.47. The first-order chi connectivity index (χ1) is 7.96.